The monoisotopic (exact) mass is 365 g/mol. The Morgan fingerprint density at radius 1 is 1.00 bits per heavy atom. The largest absolute Gasteiger partial charge is 0.464 e. The number of hydrogen-bond donors (Lipinski definition) is 0. The smallest absolute Gasteiger partial charge is 0.453 e. The van der Waals surface area contributed by atoms with E-state index in [9.17, 15) is 43.9 Å². The van der Waals surface area contributed by atoms with Crippen molar-refractivity contribution in [1.29, 1.82) is 0 Å². The highest BCUT2D eigenvalue weighted by atomic mass is 19.4. The van der Waals surface area contributed by atoms with Gasteiger partial charge in [0.15, 0.2) is 13.1 Å². The first kappa shape index (κ1) is 21.5. The molecule has 0 amide bonds. The number of nitrogens with zero attached hydrogens (tertiary/aromatic N) is 1. The van der Waals surface area contributed by atoms with Crippen LogP contribution in [0.1, 0.15) is 0 Å². The predicted octanol–water partition coefficient (Wildman–Crippen LogP) is 3.96. The second-order valence-corrected chi connectivity index (χ2v) is 3.83. The van der Waals surface area contributed by atoms with Crippen molar-refractivity contribution in [2.75, 3.05) is 13.2 Å². The molecule has 0 aliphatic rings. The number of rotatable bonds is 8. The van der Waals surface area contributed by atoms with Gasteiger partial charge in [0.2, 0.25) is 0 Å². The summed E-state index contributed by atoms with van der Waals surface area (Å²) in [7, 11) is 0. The van der Waals surface area contributed by atoms with Crippen LogP contribution < -0.4 is 0 Å². The molecular formula is C10H9F10NO2. The van der Waals surface area contributed by atoms with Crippen molar-refractivity contribution in [2.24, 2.45) is 4.99 Å². The quantitative estimate of drug-likeness (QED) is 0.282. The van der Waals surface area contributed by atoms with Gasteiger partial charge in [-0.2, -0.15) is 39.5 Å². The van der Waals surface area contributed by atoms with E-state index in [0.29, 0.717) is 0 Å². The minimum atomic E-state index is -6.63. The van der Waals surface area contributed by atoms with E-state index >= 15 is 0 Å². The van der Waals surface area contributed by atoms with E-state index in [2.05, 4.69) is 21.0 Å². The first-order valence-corrected chi connectivity index (χ1v) is 5.42. The minimum absolute atomic E-state index is 0.239. The Bertz CT molecular complexity index is 419. The van der Waals surface area contributed by atoms with Crippen molar-refractivity contribution in [3.05, 3.63) is 12.7 Å². The molecule has 0 N–H and O–H groups in total. The zero-order valence-corrected chi connectivity index (χ0v) is 10.9. The Labute approximate surface area is 122 Å². The average molecular weight is 365 g/mol. The van der Waals surface area contributed by atoms with E-state index < -0.39 is 43.6 Å². The van der Waals surface area contributed by atoms with Crippen LogP contribution in [-0.4, -0.2) is 50.0 Å². The standard InChI is InChI=1S/C10H9F10NO2/c1-2-3-21-5-22-6(9(15,16)17)8(14,10(18,19)20)23-7(12,13)4-11/h2,5-6H,1,3-4H2. The summed E-state index contributed by atoms with van der Waals surface area (Å²) >= 11 is 0. The lowest BCUT2D eigenvalue weighted by atomic mass is 10.1. The molecule has 0 fully saturated rings. The lowest BCUT2D eigenvalue weighted by molar-refractivity contribution is -0.451. The summed E-state index contributed by atoms with van der Waals surface area (Å²) in [6.07, 6.45) is -22.1. The second-order valence-electron chi connectivity index (χ2n) is 3.83. The van der Waals surface area contributed by atoms with E-state index in [1.54, 1.807) is 0 Å². The normalized spacial score (nSPS) is 17.8. The third-order valence-corrected chi connectivity index (χ3v) is 1.98. The third kappa shape index (κ3) is 5.88. The second kappa shape index (κ2) is 7.36. The van der Waals surface area contributed by atoms with Gasteiger partial charge in [0.1, 0.15) is 0 Å². The molecule has 0 heterocycles. The van der Waals surface area contributed by atoms with Crippen LogP contribution in [-0.2, 0) is 9.47 Å². The van der Waals surface area contributed by atoms with Gasteiger partial charge in [-0.3, -0.25) is 9.73 Å². The lowest BCUT2D eigenvalue weighted by Crippen LogP contribution is -2.62. The Balaban J connectivity index is 5.79. The highest BCUT2D eigenvalue weighted by molar-refractivity contribution is 5.47. The van der Waals surface area contributed by atoms with Crippen LogP contribution >= 0.6 is 0 Å². The SMILES string of the molecule is C=CCN=COC(C(F)(F)F)C(F)(OC(F)(F)CF)C(F)(F)F. The summed E-state index contributed by atoms with van der Waals surface area (Å²) in [6, 6.07) is 0. The van der Waals surface area contributed by atoms with Gasteiger partial charge in [-0.15, -0.1) is 6.58 Å². The van der Waals surface area contributed by atoms with Gasteiger partial charge < -0.3 is 4.74 Å². The molecule has 0 aliphatic heterocycles. The molecule has 0 aromatic heterocycles. The molecular weight excluding hydrogens is 356 g/mol. The molecule has 3 nitrogen and oxygen atoms in total. The molecule has 13 heteroatoms. The van der Waals surface area contributed by atoms with Crippen LogP contribution in [0.4, 0.5) is 43.9 Å². The maximum Gasteiger partial charge on any atom is 0.453 e. The van der Waals surface area contributed by atoms with Gasteiger partial charge in [0.25, 0.3) is 6.10 Å². The zero-order valence-electron chi connectivity index (χ0n) is 10.9. The summed E-state index contributed by atoms with van der Waals surface area (Å²) in [5.74, 6) is -6.08. The molecule has 0 aromatic rings. The lowest BCUT2D eigenvalue weighted by Gasteiger charge is -2.36. The van der Waals surface area contributed by atoms with Crippen molar-refractivity contribution in [3.63, 3.8) is 0 Å². The number of halogens is 10. The van der Waals surface area contributed by atoms with Crippen LogP contribution in [0, 0.1) is 0 Å². The van der Waals surface area contributed by atoms with Crippen LogP contribution in [0.3, 0.4) is 0 Å². The van der Waals surface area contributed by atoms with Gasteiger partial charge >= 0.3 is 24.3 Å². The maximum absolute atomic E-state index is 13.7. The summed E-state index contributed by atoms with van der Waals surface area (Å²) in [5, 5.41) is 0. The molecule has 0 saturated carbocycles. The van der Waals surface area contributed by atoms with Crippen molar-refractivity contribution in [2.45, 2.75) is 30.4 Å². The Morgan fingerprint density at radius 2 is 1.52 bits per heavy atom. The molecule has 0 aliphatic carbocycles. The van der Waals surface area contributed by atoms with Crippen LogP contribution in [0.15, 0.2) is 17.6 Å². The molecule has 0 bridgehead atoms. The van der Waals surface area contributed by atoms with Gasteiger partial charge in [-0.1, -0.05) is 6.08 Å². The summed E-state index contributed by atoms with van der Waals surface area (Å²) < 4.78 is 132. The highest BCUT2D eigenvalue weighted by Crippen LogP contribution is 2.47. The number of aliphatic imine (C=N–C) groups is 1. The first-order chi connectivity index (χ1) is 10.2. The minimum Gasteiger partial charge on any atom is -0.464 e. The van der Waals surface area contributed by atoms with Crippen molar-refractivity contribution < 1.29 is 53.4 Å². The number of ether oxygens (including phenoxy) is 2. The van der Waals surface area contributed by atoms with E-state index in [1.165, 1.54) is 0 Å². The molecule has 0 spiro atoms. The molecule has 2 atom stereocenters. The third-order valence-electron chi connectivity index (χ3n) is 1.98. The van der Waals surface area contributed by atoms with E-state index in [0.717, 1.165) is 6.08 Å². The maximum atomic E-state index is 13.7. The molecule has 0 saturated heterocycles. The zero-order chi connectivity index (χ0) is 18.5. The van der Waals surface area contributed by atoms with Crippen molar-refractivity contribution in [1.82, 2.24) is 0 Å². The summed E-state index contributed by atoms with van der Waals surface area (Å²) in [4.78, 5) is 2.94. The van der Waals surface area contributed by atoms with Gasteiger partial charge in [-0.25, -0.2) is 4.39 Å². The fraction of sp³-hybridized carbons (Fsp3) is 0.700. The number of hydrogen-bond acceptors (Lipinski definition) is 3. The van der Waals surface area contributed by atoms with Gasteiger partial charge in [0, 0.05) is 0 Å². The predicted molar refractivity (Wildman–Crippen MR) is 56.4 cm³/mol. The van der Waals surface area contributed by atoms with Gasteiger partial charge in [-0.05, 0) is 0 Å². The van der Waals surface area contributed by atoms with Crippen LogP contribution in [0.25, 0.3) is 0 Å². The van der Waals surface area contributed by atoms with Crippen LogP contribution in [0.5, 0.6) is 0 Å². The topological polar surface area (TPSA) is 30.8 Å². The average Bonchev–Trinajstić information content (AvgIpc) is 2.35. The fourth-order valence-corrected chi connectivity index (χ4v) is 1.10. The van der Waals surface area contributed by atoms with Crippen LogP contribution in [0.2, 0.25) is 0 Å². The Morgan fingerprint density at radius 3 is 1.87 bits per heavy atom. The number of alkyl halides is 10. The van der Waals surface area contributed by atoms with Crippen molar-refractivity contribution >= 4 is 6.40 Å². The highest BCUT2D eigenvalue weighted by Gasteiger charge is 2.74. The Kier molecular flexibility index (Phi) is 6.87. The van der Waals surface area contributed by atoms with E-state index in [4.69, 9.17) is 0 Å². The molecule has 0 radical (unpaired) electrons. The van der Waals surface area contributed by atoms with E-state index in [1.807, 2.05) is 0 Å². The fourth-order valence-electron chi connectivity index (χ4n) is 1.10. The molecule has 23 heavy (non-hydrogen) atoms. The Hall–Kier alpha value is -1.53. The van der Waals surface area contributed by atoms with Crippen molar-refractivity contribution in [3.8, 4) is 0 Å². The first-order valence-electron chi connectivity index (χ1n) is 5.42. The summed E-state index contributed by atoms with van der Waals surface area (Å²) in [5.41, 5.74) is 0. The molecule has 0 aromatic carbocycles. The summed E-state index contributed by atoms with van der Waals surface area (Å²) in [6.45, 7) is -0.353. The molecule has 2 unspecified atom stereocenters. The van der Waals surface area contributed by atoms with Gasteiger partial charge in [0.05, 0.1) is 6.54 Å². The molecule has 0 rings (SSSR count). The van der Waals surface area contributed by atoms with E-state index in [-0.39, 0.29) is 6.40 Å². The molecule has 136 valence electrons.